The van der Waals surface area contributed by atoms with Crippen LogP contribution in [-0.4, -0.2) is 50.9 Å². The molecule has 0 bridgehead atoms. The molecular weight excluding hydrogens is 393 g/mol. The lowest BCUT2D eigenvalue weighted by molar-refractivity contribution is -0.138. The Balaban J connectivity index is 0.00000261. The van der Waals surface area contributed by atoms with Crippen molar-refractivity contribution in [2.75, 3.05) is 19.6 Å². The molecule has 1 amide bonds. The molecule has 1 aromatic rings. The smallest absolute Gasteiger partial charge is 0.240 e. The predicted octanol–water partition coefficient (Wildman–Crippen LogP) is 1.90. The van der Waals surface area contributed by atoms with Gasteiger partial charge in [-0.15, -0.1) is 12.4 Å². The van der Waals surface area contributed by atoms with Crippen LogP contribution in [0.1, 0.15) is 32.6 Å². The summed E-state index contributed by atoms with van der Waals surface area (Å²) in [5, 5.41) is 3.34. The Labute approximate surface area is 166 Å². The van der Waals surface area contributed by atoms with Crippen LogP contribution in [0.4, 0.5) is 4.39 Å². The predicted molar refractivity (Wildman–Crippen MR) is 104 cm³/mol. The van der Waals surface area contributed by atoms with Crippen molar-refractivity contribution in [2.45, 2.75) is 49.6 Å². The summed E-state index contributed by atoms with van der Waals surface area (Å²) in [7, 11) is -3.80. The van der Waals surface area contributed by atoms with E-state index in [1.54, 1.807) is 4.90 Å². The first-order valence-electron chi connectivity index (χ1n) is 9.15. The zero-order valence-electron chi connectivity index (χ0n) is 15.4. The summed E-state index contributed by atoms with van der Waals surface area (Å²) < 4.78 is 40.9. The highest BCUT2D eigenvalue weighted by molar-refractivity contribution is 7.89. The number of carbonyl (C=O) groups excluding carboxylic acids is 1. The molecule has 0 radical (unpaired) electrons. The Morgan fingerprint density at radius 3 is 2.81 bits per heavy atom. The maximum Gasteiger partial charge on any atom is 0.240 e. The lowest BCUT2D eigenvalue weighted by Gasteiger charge is -2.37. The Kier molecular flexibility index (Phi) is 7.62. The average molecular weight is 420 g/mol. The van der Waals surface area contributed by atoms with E-state index in [0.29, 0.717) is 25.6 Å². The molecule has 152 valence electrons. The lowest BCUT2D eigenvalue weighted by atomic mass is 9.91. The second-order valence-corrected chi connectivity index (χ2v) is 8.99. The van der Waals surface area contributed by atoms with Gasteiger partial charge in [-0.2, -0.15) is 0 Å². The van der Waals surface area contributed by atoms with Crippen molar-refractivity contribution >= 4 is 28.3 Å². The van der Waals surface area contributed by atoms with E-state index in [-0.39, 0.29) is 35.2 Å². The molecule has 1 unspecified atom stereocenters. The fraction of sp³-hybridized carbons (Fsp3) is 0.611. The second-order valence-electron chi connectivity index (χ2n) is 7.28. The highest BCUT2D eigenvalue weighted by atomic mass is 35.5. The Morgan fingerprint density at radius 1 is 1.33 bits per heavy atom. The Morgan fingerprint density at radius 2 is 2.11 bits per heavy atom. The third-order valence-corrected chi connectivity index (χ3v) is 6.65. The molecule has 0 saturated carbocycles. The Bertz CT molecular complexity index is 762. The van der Waals surface area contributed by atoms with Crippen molar-refractivity contribution in [2.24, 2.45) is 5.92 Å². The number of nitrogens with zero attached hydrogens (tertiary/aromatic N) is 1. The van der Waals surface area contributed by atoms with Crippen LogP contribution in [-0.2, 0) is 14.8 Å². The monoisotopic (exact) mass is 419 g/mol. The molecule has 2 aliphatic heterocycles. The number of halogens is 2. The number of hydrogen-bond donors (Lipinski definition) is 2. The van der Waals surface area contributed by atoms with Crippen molar-refractivity contribution in [3.05, 3.63) is 30.1 Å². The van der Waals surface area contributed by atoms with Gasteiger partial charge in [0.15, 0.2) is 0 Å². The van der Waals surface area contributed by atoms with Crippen LogP contribution in [0.5, 0.6) is 0 Å². The summed E-state index contributed by atoms with van der Waals surface area (Å²) in [5.41, 5.74) is 0. The van der Waals surface area contributed by atoms with Gasteiger partial charge in [0.1, 0.15) is 5.82 Å². The van der Waals surface area contributed by atoms with Crippen molar-refractivity contribution < 1.29 is 17.6 Å². The number of amides is 1. The van der Waals surface area contributed by atoms with E-state index >= 15 is 0 Å². The molecule has 0 aromatic heterocycles. The zero-order chi connectivity index (χ0) is 18.7. The highest BCUT2D eigenvalue weighted by Crippen LogP contribution is 2.22. The normalized spacial score (nSPS) is 26.3. The highest BCUT2D eigenvalue weighted by Gasteiger charge is 2.32. The van der Waals surface area contributed by atoms with Crippen LogP contribution in [0.2, 0.25) is 0 Å². The van der Waals surface area contributed by atoms with Gasteiger partial charge in [0.25, 0.3) is 0 Å². The molecule has 2 N–H and O–H groups in total. The molecule has 6 nitrogen and oxygen atoms in total. The second kappa shape index (κ2) is 9.32. The first-order chi connectivity index (χ1) is 12.3. The fourth-order valence-corrected chi connectivity index (χ4v) is 5.10. The minimum Gasteiger partial charge on any atom is -0.341 e. The van der Waals surface area contributed by atoms with Crippen LogP contribution in [0.15, 0.2) is 29.2 Å². The van der Waals surface area contributed by atoms with Gasteiger partial charge in [-0.25, -0.2) is 17.5 Å². The van der Waals surface area contributed by atoms with Gasteiger partial charge >= 0.3 is 0 Å². The van der Waals surface area contributed by atoms with E-state index in [4.69, 9.17) is 0 Å². The summed E-state index contributed by atoms with van der Waals surface area (Å²) in [5.74, 6) is -0.466. The first kappa shape index (κ1) is 22.1. The minimum absolute atomic E-state index is 0. The van der Waals surface area contributed by atoms with Crippen LogP contribution in [0, 0.1) is 11.7 Å². The molecule has 3 rings (SSSR count). The van der Waals surface area contributed by atoms with Crippen molar-refractivity contribution in [3.8, 4) is 0 Å². The van der Waals surface area contributed by atoms with Gasteiger partial charge in [0, 0.05) is 31.1 Å². The van der Waals surface area contributed by atoms with E-state index in [2.05, 4.69) is 17.0 Å². The minimum atomic E-state index is -3.80. The Hall–Kier alpha value is -1.22. The molecular formula is C18H27ClFN3O3S. The number of hydrogen-bond acceptors (Lipinski definition) is 4. The topological polar surface area (TPSA) is 78.5 Å². The molecule has 3 atom stereocenters. The van der Waals surface area contributed by atoms with E-state index < -0.39 is 15.8 Å². The van der Waals surface area contributed by atoms with Gasteiger partial charge in [0.2, 0.25) is 15.9 Å². The number of likely N-dealkylation sites (tertiary alicyclic amines) is 1. The van der Waals surface area contributed by atoms with E-state index in [1.807, 2.05) is 0 Å². The van der Waals surface area contributed by atoms with Crippen LogP contribution in [0.3, 0.4) is 0 Å². The van der Waals surface area contributed by atoms with Crippen molar-refractivity contribution in [1.82, 2.24) is 14.9 Å². The third-order valence-electron chi connectivity index (χ3n) is 5.13. The summed E-state index contributed by atoms with van der Waals surface area (Å²) in [6, 6.07) is 4.93. The molecule has 2 fully saturated rings. The van der Waals surface area contributed by atoms with E-state index in [0.717, 1.165) is 31.9 Å². The van der Waals surface area contributed by atoms with Crippen LogP contribution >= 0.6 is 12.4 Å². The number of sulfonamides is 1. The number of piperidine rings is 2. The van der Waals surface area contributed by atoms with Gasteiger partial charge < -0.3 is 10.2 Å². The zero-order valence-corrected chi connectivity index (χ0v) is 17.0. The van der Waals surface area contributed by atoms with Gasteiger partial charge in [-0.1, -0.05) is 6.07 Å². The molecule has 0 spiro atoms. The fourth-order valence-electron chi connectivity index (χ4n) is 3.81. The number of nitrogens with one attached hydrogen (secondary N) is 2. The number of carbonyl (C=O) groups is 1. The third kappa shape index (κ3) is 5.63. The average Bonchev–Trinajstić information content (AvgIpc) is 2.61. The molecule has 2 aliphatic rings. The molecule has 2 saturated heterocycles. The van der Waals surface area contributed by atoms with Crippen LogP contribution < -0.4 is 10.0 Å². The summed E-state index contributed by atoms with van der Waals surface area (Å²) in [4.78, 5) is 14.5. The van der Waals surface area contributed by atoms with Crippen molar-refractivity contribution in [3.63, 3.8) is 0 Å². The standard InChI is InChI=1S/C18H26FN3O3S.ClH/c1-13-10-14(7-8-20-13)18(23)22-9-3-5-16(12-22)21-26(24,25)17-6-2-4-15(19)11-17;/h2,4,6,11,13-14,16,20-21H,3,5,7-10,12H2,1H3;1H/t13-,14-,16?;/m0./s1. The number of benzene rings is 1. The number of rotatable bonds is 4. The van der Waals surface area contributed by atoms with E-state index in [1.165, 1.54) is 18.2 Å². The summed E-state index contributed by atoms with van der Waals surface area (Å²) in [6.07, 6.45) is 3.05. The largest absolute Gasteiger partial charge is 0.341 e. The van der Waals surface area contributed by atoms with Gasteiger partial charge in [0.05, 0.1) is 4.90 Å². The van der Waals surface area contributed by atoms with Gasteiger partial charge in [-0.05, 0) is 57.4 Å². The molecule has 9 heteroatoms. The van der Waals surface area contributed by atoms with Crippen LogP contribution in [0.25, 0.3) is 0 Å². The first-order valence-corrected chi connectivity index (χ1v) is 10.6. The molecule has 0 aliphatic carbocycles. The van der Waals surface area contributed by atoms with Gasteiger partial charge in [-0.3, -0.25) is 4.79 Å². The maximum atomic E-state index is 13.3. The molecule has 1 aromatic carbocycles. The van der Waals surface area contributed by atoms with Crippen molar-refractivity contribution in [1.29, 1.82) is 0 Å². The van der Waals surface area contributed by atoms with E-state index in [9.17, 15) is 17.6 Å². The maximum absolute atomic E-state index is 13.3. The summed E-state index contributed by atoms with van der Waals surface area (Å²) in [6.45, 7) is 3.94. The quantitative estimate of drug-likeness (QED) is 0.781. The molecule has 27 heavy (non-hydrogen) atoms. The summed E-state index contributed by atoms with van der Waals surface area (Å²) >= 11 is 0. The SMILES string of the molecule is C[C@H]1C[C@@H](C(=O)N2CCCC(NS(=O)(=O)c3cccc(F)c3)C2)CCN1.Cl. The lowest BCUT2D eigenvalue weighted by Crippen LogP contribution is -2.52. The molecule has 2 heterocycles.